The standard InChI is InChI=1S/C19H17N5O3S/c25-9-8-24-17-14(10-20-24)18(27)23-19(22-17)28-11-16(26)21-15-7-3-5-12-4-1-2-6-13(12)15/h1-7,10,25H,8-9,11H2,(H,21,26)(H,22,23,27). The lowest BCUT2D eigenvalue weighted by atomic mass is 10.1. The van der Waals surface area contributed by atoms with Gasteiger partial charge in [0, 0.05) is 11.1 Å². The number of benzene rings is 2. The van der Waals surface area contributed by atoms with Gasteiger partial charge < -0.3 is 15.4 Å². The first-order valence-corrected chi connectivity index (χ1v) is 9.61. The SMILES string of the molecule is O=C(CSc1nc2c(cnn2CCO)c(=O)[nH]1)Nc1cccc2ccccc12. The molecule has 2 aromatic carbocycles. The minimum Gasteiger partial charge on any atom is -0.394 e. The van der Waals surface area contributed by atoms with Crippen LogP contribution in [0, 0.1) is 0 Å². The molecule has 0 aliphatic rings. The summed E-state index contributed by atoms with van der Waals surface area (Å²) >= 11 is 1.13. The van der Waals surface area contributed by atoms with Crippen LogP contribution in [-0.2, 0) is 11.3 Å². The summed E-state index contributed by atoms with van der Waals surface area (Å²) in [7, 11) is 0. The Balaban J connectivity index is 1.50. The number of nitrogens with zero attached hydrogens (tertiary/aromatic N) is 3. The second-order valence-corrected chi connectivity index (χ2v) is 7.03. The number of carbonyl (C=O) groups excluding carboxylic acids is 1. The van der Waals surface area contributed by atoms with E-state index in [1.54, 1.807) is 0 Å². The fourth-order valence-electron chi connectivity index (χ4n) is 2.93. The van der Waals surface area contributed by atoms with Crippen molar-refractivity contribution >= 4 is 45.2 Å². The van der Waals surface area contributed by atoms with E-state index in [1.165, 1.54) is 10.9 Å². The number of amides is 1. The summed E-state index contributed by atoms with van der Waals surface area (Å²) < 4.78 is 1.46. The molecule has 8 nitrogen and oxygen atoms in total. The molecule has 9 heteroatoms. The van der Waals surface area contributed by atoms with E-state index in [2.05, 4.69) is 20.4 Å². The van der Waals surface area contributed by atoms with Crippen molar-refractivity contribution in [2.45, 2.75) is 11.7 Å². The van der Waals surface area contributed by atoms with E-state index in [4.69, 9.17) is 5.11 Å². The quantitative estimate of drug-likeness (QED) is 0.340. The lowest BCUT2D eigenvalue weighted by Gasteiger charge is -2.08. The molecule has 28 heavy (non-hydrogen) atoms. The number of hydrogen-bond donors (Lipinski definition) is 3. The molecule has 0 aliphatic carbocycles. The average molecular weight is 395 g/mol. The monoisotopic (exact) mass is 395 g/mol. The Kier molecular flexibility index (Phi) is 5.09. The molecule has 3 N–H and O–H groups in total. The van der Waals surface area contributed by atoms with Gasteiger partial charge in [-0.25, -0.2) is 9.67 Å². The predicted octanol–water partition coefficient (Wildman–Crippen LogP) is 2.00. The summed E-state index contributed by atoms with van der Waals surface area (Å²) in [4.78, 5) is 31.6. The number of aromatic amines is 1. The van der Waals surface area contributed by atoms with Gasteiger partial charge in [0.15, 0.2) is 10.8 Å². The largest absolute Gasteiger partial charge is 0.394 e. The topological polar surface area (TPSA) is 113 Å². The average Bonchev–Trinajstić information content (AvgIpc) is 3.10. The maximum absolute atomic E-state index is 12.4. The minimum atomic E-state index is -0.328. The van der Waals surface area contributed by atoms with Crippen LogP contribution < -0.4 is 10.9 Å². The van der Waals surface area contributed by atoms with E-state index in [0.29, 0.717) is 16.2 Å². The first kappa shape index (κ1) is 18.2. The summed E-state index contributed by atoms with van der Waals surface area (Å²) in [6, 6.07) is 13.5. The van der Waals surface area contributed by atoms with Gasteiger partial charge >= 0.3 is 0 Å². The van der Waals surface area contributed by atoms with E-state index in [9.17, 15) is 9.59 Å². The van der Waals surface area contributed by atoms with E-state index in [1.807, 2.05) is 42.5 Å². The van der Waals surface area contributed by atoms with Crippen molar-refractivity contribution in [3.05, 3.63) is 59.0 Å². The smallest absolute Gasteiger partial charge is 0.262 e. The van der Waals surface area contributed by atoms with Crippen LogP contribution in [0.2, 0.25) is 0 Å². The van der Waals surface area contributed by atoms with Crippen molar-refractivity contribution in [2.75, 3.05) is 17.7 Å². The van der Waals surface area contributed by atoms with Crippen LogP contribution in [0.1, 0.15) is 0 Å². The number of aromatic nitrogens is 4. The molecule has 0 bridgehead atoms. The second kappa shape index (κ2) is 7.83. The highest BCUT2D eigenvalue weighted by molar-refractivity contribution is 7.99. The maximum Gasteiger partial charge on any atom is 0.262 e. The maximum atomic E-state index is 12.4. The summed E-state index contributed by atoms with van der Waals surface area (Å²) in [6.07, 6.45) is 1.42. The van der Waals surface area contributed by atoms with Crippen molar-refractivity contribution in [3.63, 3.8) is 0 Å². The van der Waals surface area contributed by atoms with Crippen molar-refractivity contribution in [1.29, 1.82) is 0 Å². The molecule has 0 fully saturated rings. The predicted molar refractivity (Wildman–Crippen MR) is 109 cm³/mol. The summed E-state index contributed by atoms with van der Waals surface area (Å²) in [5.74, 6) is -0.112. The Hall–Kier alpha value is -3.17. The Labute approximate surface area is 163 Å². The molecule has 0 radical (unpaired) electrons. The van der Waals surface area contributed by atoms with Gasteiger partial charge in [-0.3, -0.25) is 9.59 Å². The number of rotatable bonds is 6. The summed E-state index contributed by atoms with van der Waals surface area (Å²) in [5, 5.41) is 18.7. The zero-order chi connectivity index (χ0) is 19.5. The molecule has 142 valence electrons. The third-order valence-corrected chi connectivity index (χ3v) is 5.07. The first-order valence-electron chi connectivity index (χ1n) is 8.63. The summed E-state index contributed by atoms with van der Waals surface area (Å²) in [6.45, 7) is 0.132. The molecule has 1 amide bonds. The van der Waals surface area contributed by atoms with Gasteiger partial charge in [-0.1, -0.05) is 48.2 Å². The van der Waals surface area contributed by atoms with Crippen LogP contribution in [0.15, 0.2) is 58.6 Å². The zero-order valence-corrected chi connectivity index (χ0v) is 15.6. The Morgan fingerprint density at radius 3 is 2.86 bits per heavy atom. The fourth-order valence-corrected chi connectivity index (χ4v) is 3.58. The van der Waals surface area contributed by atoms with Crippen molar-refractivity contribution < 1.29 is 9.90 Å². The lowest BCUT2D eigenvalue weighted by Crippen LogP contribution is -2.16. The highest BCUT2D eigenvalue weighted by Gasteiger charge is 2.12. The van der Waals surface area contributed by atoms with E-state index < -0.39 is 0 Å². The summed E-state index contributed by atoms with van der Waals surface area (Å²) in [5.41, 5.74) is 0.794. The molecule has 0 saturated heterocycles. The molecule has 0 saturated carbocycles. The molecule has 0 spiro atoms. The van der Waals surface area contributed by atoms with Crippen LogP contribution >= 0.6 is 11.8 Å². The number of fused-ring (bicyclic) bond motifs is 2. The molecule has 0 aliphatic heterocycles. The Morgan fingerprint density at radius 1 is 1.18 bits per heavy atom. The number of carbonyl (C=O) groups is 1. The molecular weight excluding hydrogens is 378 g/mol. The molecule has 0 unspecified atom stereocenters. The lowest BCUT2D eigenvalue weighted by molar-refractivity contribution is -0.113. The third-order valence-electron chi connectivity index (χ3n) is 4.20. The number of nitrogens with one attached hydrogen (secondary N) is 2. The Morgan fingerprint density at radius 2 is 2.00 bits per heavy atom. The van der Waals surface area contributed by atoms with Crippen molar-refractivity contribution in [3.8, 4) is 0 Å². The second-order valence-electron chi connectivity index (χ2n) is 6.06. The highest BCUT2D eigenvalue weighted by atomic mass is 32.2. The van der Waals surface area contributed by atoms with Crippen molar-refractivity contribution in [2.24, 2.45) is 0 Å². The van der Waals surface area contributed by atoms with Gasteiger partial charge in [-0.15, -0.1) is 0 Å². The van der Waals surface area contributed by atoms with Gasteiger partial charge in [0.1, 0.15) is 5.39 Å². The normalized spacial score (nSPS) is 11.2. The van der Waals surface area contributed by atoms with Gasteiger partial charge in [0.2, 0.25) is 5.91 Å². The zero-order valence-electron chi connectivity index (χ0n) is 14.8. The van der Waals surface area contributed by atoms with E-state index in [-0.39, 0.29) is 30.4 Å². The van der Waals surface area contributed by atoms with Crippen LogP contribution in [0.4, 0.5) is 5.69 Å². The minimum absolute atomic E-state index is 0.0891. The number of aliphatic hydroxyl groups excluding tert-OH is 1. The Bertz CT molecular complexity index is 1210. The highest BCUT2D eigenvalue weighted by Crippen LogP contribution is 2.23. The number of hydrogen-bond acceptors (Lipinski definition) is 6. The van der Waals surface area contributed by atoms with Crippen LogP contribution in [-0.4, -0.2) is 43.1 Å². The molecule has 2 aromatic heterocycles. The molecule has 4 rings (SSSR count). The number of aliphatic hydroxyl groups is 1. The van der Waals surface area contributed by atoms with Gasteiger partial charge in [0.05, 0.1) is 25.1 Å². The van der Waals surface area contributed by atoms with Crippen molar-refractivity contribution in [1.82, 2.24) is 19.7 Å². The molecule has 0 atom stereocenters. The number of thioether (sulfide) groups is 1. The van der Waals surface area contributed by atoms with Crippen LogP contribution in [0.25, 0.3) is 21.8 Å². The first-order chi connectivity index (χ1) is 13.7. The molecular formula is C19H17N5O3S. The van der Waals surface area contributed by atoms with Crippen LogP contribution in [0.5, 0.6) is 0 Å². The molecule has 4 aromatic rings. The number of anilines is 1. The van der Waals surface area contributed by atoms with Gasteiger partial charge in [-0.2, -0.15) is 5.10 Å². The van der Waals surface area contributed by atoms with Crippen LogP contribution in [0.3, 0.4) is 0 Å². The number of H-pyrrole nitrogens is 1. The fraction of sp³-hybridized carbons (Fsp3) is 0.158. The molecule has 2 heterocycles. The van der Waals surface area contributed by atoms with E-state index in [0.717, 1.165) is 28.2 Å². The van der Waals surface area contributed by atoms with Gasteiger partial charge in [0.25, 0.3) is 5.56 Å². The van der Waals surface area contributed by atoms with E-state index >= 15 is 0 Å². The van der Waals surface area contributed by atoms with Gasteiger partial charge in [-0.05, 0) is 11.5 Å². The third kappa shape index (κ3) is 3.62.